The summed E-state index contributed by atoms with van der Waals surface area (Å²) in [6.07, 6.45) is 0. The number of para-hydroxylation sites is 1. The number of hydrogen-bond donors (Lipinski definition) is 2. The van der Waals surface area contributed by atoms with Gasteiger partial charge in [-0.15, -0.1) is 0 Å². The lowest BCUT2D eigenvalue weighted by molar-refractivity contribution is -0.141. The van der Waals surface area contributed by atoms with Crippen LogP contribution in [0.4, 0.5) is 5.69 Å². The van der Waals surface area contributed by atoms with Crippen LogP contribution in [0.5, 0.6) is 0 Å². The van der Waals surface area contributed by atoms with Crippen molar-refractivity contribution in [3.63, 3.8) is 0 Å². The number of aromatic amines is 1. The van der Waals surface area contributed by atoms with Crippen LogP contribution in [-0.4, -0.2) is 34.3 Å². The molecule has 0 saturated heterocycles. The third-order valence-corrected chi connectivity index (χ3v) is 2.69. The topological polar surface area (TPSA) is 79.9 Å². The zero-order valence-electron chi connectivity index (χ0n) is 11.1. The number of esters is 1. The van der Waals surface area contributed by atoms with Crippen LogP contribution in [0, 0.1) is 6.92 Å². The van der Waals surface area contributed by atoms with Crippen LogP contribution in [0.25, 0.3) is 11.4 Å². The minimum absolute atomic E-state index is 0.319. The first-order valence-corrected chi connectivity index (χ1v) is 5.94. The summed E-state index contributed by atoms with van der Waals surface area (Å²) in [5.41, 5.74) is 1.63. The molecular formula is C13H16N4O2. The number of rotatable bonds is 4. The molecule has 0 bridgehead atoms. The van der Waals surface area contributed by atoms with Crippen molar-refractivity contribution in [3.05, 3.63) is 30.1 Å². The van der Waals surface area contributed by atoms with E-state index >= 15 is 0 Å². The van der Waals surface area contributed by atoms with E-state index in [1.54, 1.807) is 6.92 Å². The van der Waals surface area contributed by atoms with E-state index in [0.29, 0.717) is 5.82 Å². The largest absolute Gasteiger partial charge is 0.467 e. The van der Waals surface area contributed by atoms with Gasteiger partial charge in [-0.25, -0.2) is 9.78 Å². The second-order valence-electron chi connectivity index (χ2n) is 4.18. The predicted molar refractivity (Wildman–Crippen MR) is 71.7 cm³/mol. The Hall–Kier alpha value is -2.37. The van der Waals surface area contributed by atoms with Crippen molar-refractivity contribution in [1.29, 1.82) is 0 Å². The number of aromatic nitrogens is 3. The lowest BCUT2D eigenvalue weighted by atomic mass is 10.1. The molecule has 19 heavy (non-hydrogen) atoms. The maximum atomic E-state index is 11.4. The van der Waals surface area contributed by atoms with Crippen molar-refractivity contribution in [2.24, 2.45) is 0 Å². The number of hydrogen-bond acceptors (Lipinski definition) is 5. The molecule has 0 spiro atoms. The van der Waals surface area contributed by atoms with Gasteiger partial charge >= 0.3 is 5.97 Å². The average molecular weight is 260 g/mol. The van der Waals surface area contributed by atoms with Crippen molar-refractivity contribution >= 4 is 11.7 Å². The Morgan fingerprint density at radius 3 is 2.79 bits per heavy atom. The standard InChI is InChI=1S/C13H16N4O2/c1-8(13(18)19-3)14-11-7-5-4-6-10(11)12-15-9(2)16-17-12/h4-8,14H,1-3H3,(H,15,16,17). The van der Waals surface area contributed by atoms with Gasteiger partial charge in [0.15, 0.2) is 5.82 Å². The van der Waals surface area contributed by atoms with Crippen molar-refractivity contribution in [2.75, 3.05) is 12.4 Å². The lowest BCUT2D eigenvalue weighted by Crippen LogP contribution is -2.27. The fourth-order valence-corrected chi connectivity index (χ4v) is 1.74. The van der Waals surface area contributed by atoms with E-state index in [1.165, 1.54) is 7.11 Å². The maximum absolute atomic E-state index is 11.4. The normalized spacial score (nSPS) is 11.9. The van der Waals surface area contributed by atoms with Crippen molar-refractivity contribution in [2.45, 2.75) is 19.9 Å². The maximum Gasteiger partial charge on any atom is 0.327 e. The molecule has 0 radical (unpaired) electrons. The van der Waals surface area contributed by atoms with Gasteiger partial charge in [-0.1, -0.05) is 12.1 Å². The molecule has 6 heteroatoms. The minimum atomic E-state index is -0.439. The predicted octanol–water partition coefficient (Wildman–Crippen LogP) is 1.75. The summed E-state index contributed by atoms with van der Waals surface area (Å²) in [7, 11) is 1.37. The number of benzene rings is 1. The van der Waals surface area contributed by atoms with E-state index in [1.807, 2.05) is 31.2 Å². The fraction of sp³-hybridized carbons (Fsp3) is 0.308. The second-order valence-corrected chi connectivity index (χ2v) is 4.18. The van der Waals surface area contributed by atoms with Crippen LogP contribution in [-0.2, 0) is 9.53 Å². The van der Waals surface area contributed by atoms with Gasteiger partial charge in [0, 0.05) is 11.3 Å². The number of ether oxygens (including phenoxy) is 1. The fourth-order valence-electron chi connectivity index (χ4n) is 1.74. The van der Waals surface area contributed by atoms with E-state index in [9.17, 15) is 4.79 Å². The molecule has 1 heterocycles. The Morgan fingerprint density at radius 2 is 2.16 bits per heavy atom. The monoisotopic (exact) mass is 260 g/mol. The quantitative estimate of drug-likeness (QED) is 0.819. The molecule has 2 N–H and O–H groups in total. The first kappa shape index (κ1) is 13.1. The van der Waals surface area contributed by atoms with Gasteiger partial charge in [0.2, 0.25) is 0 Å². The Balaban J connectivity index is 2.29. The summed E-state index contributed by atoms with van der Waals surface area (Å²) in [5.74, 6) is 1.02. The zero-order valence-corrected chi connectivity index (χ0v) is 11.1. The highest BCUT2D eigenvalue weighted by atomic mass is 16.5. The van der Waals surface area contributed by atoms with Crippen LogP contribution in [0.15, 0.2) is 24.3 Å². The Bertz CT molecular complexity index is 580. The SMILES string of the molecule is COC(=O)C(C)Nc1ccccc1-c1n[nH]c(C)n1. The van der Waals surface area contributed by atoms with Gasteiger partial charge < -0.3 is 10.1 Å². The Kier molecular flexibility index (Phi) is 3.79. The summed E-state index contributed by atoms with van der Waals surface area (Å²) in [4.78, 5) is 15.7. The first-order chi connectivity index (χ1) is 9.11. The Labute approximate surface area is 111 Å². The van der Waals surface area contributed by atoms with Crippen LogP contribution < -0.4 is 5.32 Å². The molecule has 0 fully saturated rings. The molecule has 1 atom stereocenters. The molecule has 0 aliphatic rings. The highest BCUT2D eigenvalue weighted by Crippen LogP contribution is 2.25. The van der Waals surface area contributed by atoms with E-state index in [0.717, 1.165) is 17.1 Å². The van der Waals surface area contributed by atoms with Crippen LogP contribution >= 0.6 is 0 Å². The average Bonchev–Trinajstić information content (AvgIpc) is 2.85. The van der Waals surface area contributed by atoms with Crippen LogP contribution in [0.2, 0.25) is 0 Å². The summed E-state index contributed by atoms with van der Waals surface area (Å²) in [5, 5.41) is 10.0. The number of H-pyrrole nitrogens is 1. The van der Waals surface area contributed by atoms with Crippen LogP contribution in [0.1, 0.15) is 12.7 Å². The molecule has 0 amide bonds. The number of carbonyl (C=O) groups excluding carboxylic acids is 1. The molecule has 2 rings (SSSR count). The number of nitrogens with zero attached hydrogens (tertiary/aromatic N) is 2. The summed E-state index contributed by atoms with van der Waals surface area (Å²) >= 11 is 0. The molecule has 0 aliphatic carbocycles. The minimum Gasteiger partial charge on any atom is -0.467 e. The van der Waals surface area contributed by atoms with Gasteiger partial charge in [0.05, 0.1) is 7.11 Å². The van der Waals surface area contributed by atoms with Crippen LogP contribution in [0.3, 0.4) is 0 Å². The molecule has 0 saturated carbocycles. The zero-order chi connectivity index (χ0) is 13.8. The smallest absolute Gasteiger partial charge is 0.327 e. The number of nitrogens with one attached hydrogen (secondary N) is 2. The summed E-state index contributed by atoms with van der Waals surface area (Å²) in [6.45, 7) is 3.58. The Morgan fingerprint density at radius 1 is 1.42 bits per heavy atom. The molecule has 1 aromatic carbocycles. The molecule has 100 valence electrons. The number of carbonyl (C=O) groups is 1. The van der Waals surface area contributed by atoms with Gasteiger partial charge in [-0.2, -0.15) is 5.10 Å². The van der Waals surface area contributed by atoms with Gasteiger partial charge in [-0.3, -0.25) is 5.10 Å². The summed E-state index contributed by atoms with van der Waals surface area (Å²) in [6, 6.07) is 7.12. The van der Waals surface area contributed by atoms with Gasteiger partial charge in [0.25, 0.3) is 0 Å². The third kappa shape index (κ3) is 2.90. The van der Waals surface area contributed by atoms with Crippen molar-refractivity contribution in [1.82, 2.24) is 15.2 Å². The number of methoxy groups -OCH3 is 1. The highest BCUT2D eigenvalue weighted by Gasteiger charge is 2.16. The van der Waals surface area contributed by atoms with Gasteiger partial charge in [-0.05, 0) is 26.0 Å². The van der Waals surface area contributed by atoms with E-state index in [-0.39, 0.29) is 5.97 Å². The third-order valence-electron chi connectivity index (χ3n) is 2.69. The van der Waals surface area contributed by atoms with E-state index in [2.05, 4.69) is 20.5 Å². The molecule has 1 unspecified atom stereocenters. The van der Waals surface area contributed by atoms with E-state index in [4.69, 9.17) is 4.74 Å². The lowest BCUT2D eigenvalue weighted by Gasteiger charge is -2.15. The number of aryl methyl sites for hydroxylation is 1. The summed E-state index contributed by atoms with van der Waals surface area (Å²) < 4.78 is 4.70. The molecule has 6 nitrogen and oxygen atoms in total. The van der Waals surface area contributed by atoms with Crippen molar-refractivity contribution < 1.29 is 9.53 Å². The molecule has 0 aliphatic heterocycles. The first-order valence-electron chi connectivity index (χ1n) is 5.94. The molecule has 1 aromatic heterocycles. The van der Waals surface area contributed by atoms with Crippen molar-refractivity contribution in [3.8, 4) is 11.4 Å². The van der Waals surface area contributed by atoms with Gasteiger partial charge in [0.1, 0.15) is 11.9 Å². The number of anilines is 1. The van der Waals surface area contributed by atoms with E-state index < -0.39 is 6.04 Å². The highest BCUT2D eigenvalue weighted by molar-refractivity contribution is 5.82. The molecule has 2 aromatic rings. The molecular weight excluding hydrogens is 244 g/mol. The second kappa shape index (κ2) is 5.51.